The molecule has 0 aliphatic rings. The Balaban J connectivity index is 1.99. The number of anilines is 1. The van der Waals surface area contributed by atoms with Gasteiger partial charge in [0.2, 0.25) is 0 Å². The Morgan fingerprint density at radius 3 is 2.89 bits per heavy atom. The fourth-order valence-corrected chi connectivity index (χ4v) is 3.78. The summed E-state index contributed by atoms with van der Waals surface area (Å²) in [5.74, 6) is 0. The van der Waals surface area contributed by atoms with Gasteiger partial charge in [0.25, 0.3) is 0 Å². The van der Waals surface area contributed by atoms with Crippen molar-refractivity contribution in [3.8, 4) is 0 Å². The van der Waals surface area contributed by atoms with Gasteiger partial charge in [0, 0.05) is 29.9 Å². The second-order valence-electron chi connectivity index (χ2n) is 4.50. The zero-order valence-corrected chi connectivity index (χ0v) is 13.4. The molecule has 104 valence electrons. The van der Waals surface area contributed by atoms with Crippen molar-refractivity contribution in [1.29, 1.82) is 0 Å². The Bertz CT molecular complexity index is 491. The van der Waals surface area contributed by atoms with Gasteiger partial charge in [-0.15, -0.1) is 22.7 Å². The van der Waals surface area contributed by atoms with Crippen LogP contribution in [0.15, 0.2) is 17.5 Å². The van der Waals surface area contributed by atoms with Crippen molar-refractivity contribution in [1.82, 2.24) is 10.3 Å². The van der Waals surface area contributed by atoms with Gasteiger partial charge in [0.15, 0.2) is 5.13 Å². The number of thiophene rings is 1. The lowest BCUT2D eigenvalue weighted by atomic mass is 10.3. The smallest absolute Gasteiger partial charge is 0.185 e. The number of thiazole rings is 1. The molecule has 19 heavy (non-hydrogen) atoms. The van der Waals surface area contributed by atoms with Crippen LogP contribution in [0.25, 0.3) is 0 Å². The maximum absolute atomic E-state index is 4.76. The summed E-state index contributed by atoms with van der Waals surface area (Å²) < 4.78 is 0. The van der Waals surface area contributed by atoms with Gasteiger partial charge in [0.05, 0.1) is 5.69 Å². The van der Waals surface area contributed by atoms with Crippen molar-refractivity contribution in [3.63, 3.8) is 0 Å². The van der Waals surface area contributed by atoms with Crippen LogP contribution >= 0.6 is 22.7 Å². The normalized spacial score (nSPS) is 10.9. The van der Waals surface area contributed by atoms with E-state index >= 15 is 0 Å². The monoisotopic (exact) mass is 295 g/mol. The van der Waals surface area contributed by atoms with Crippen LogP contribution in [0.3, 0.4) is 0 Å². The highest BCUT2D eigenvalue weighted by molar-refractivity contribution is 7.15. The third kappa shape index (κ3) is 3.78. The highest BCUT2D eigenvalue weighted by Crippen LogP contribution is 2.26. The van der Waals surface area contributed by atoms with Crippen molar-refractivity contribution in [2.75, 3.05) is 25.5 Å². The molecule has 1 N–H and O–H groups in total. The average molecular weight is 295 g/mol. The van der Waals surface area contributed by atoms with Gasteiger partial charge in [0.1, 0.15) is 0 Å². The van der Waals surface area contributed by atoms with Crippen LogP contribution in [-0.2, 0) is 19.4 Å². The first kappa shape index (κ1) is 14.5. The van der Waals surface area contributed by atoms with Crippen LogP contribution in [0.2, 0.25) is 0 Å². The van der Waals surface area contributed by atoms with Gasteiger partial charge < -0.3 is 10.2 Å². The Morgan fingerprint density at radius 1 is 1.42 bits per heavy atom. The molecule has 0 saturated heterocycles. The molecule has 0 aliphatic carbocycles. The first-order chi connectivity index (χ1) is 9.24. The molecule has 2 heterocycles. The van der Waals surface area contributed by atoms with Crippen molar-refractivity contribution < 1.29 is 0 Å². The number of nitrogens with one attached hydrogen (secondary N) is 1. The Kier molecular flexibility index (Phi) is 5.36. The van der Waals surface area contributed by atoms with Crippen LogP contribution in [0.4, 0.5) is 5.13 Å². The maximum Gasteiger partial charge on any atom is 0.185 e. The summed E-state index contributed by atoms with van der Waals surface area (Å²) in [6.45, 7) is 4.11. The molecule has 0 saturated carbocycles. The molecule has 0 amide bonds. The standard InChI is InChI=1S/C14H21N3S2/c1-4-12-13(10-15-2)19-14(16-12)17(3)8-7-11-6-5-9-18-11/h5-6,9,15H,4,7-8,10H2,1-3H3. The lowest BCUT2D eigenvalue weighted by molar-refractivity contribution is 0.813. The summed E-state index contributed by atoms with van der Waals surface area (Å²) in [6.07, 6.45) is 2.10. The summed E-state index contributed by atoms with van der Waals surface area (Å²) in [5.41, 5.74) is 1.23. The first-order valence-electron chi connectivity index (χ1n) is 6.61. The predicted octanol–water partition coefficient (Wildman–Crippen LogP) is 3.17. The SMILES string of the molecule is CCc1nc(N(C)CCc2cccs2)sc1CNC. The molecule has 2 aromatic rings. The van der Waals surface area contributed by atoms with E-state index in [1.165, 1.54) is 15.4 Å². The number of likely N-dealkylation sites (N-methyl/N-ethyl adjacent to an activating group) is 1. The van der Waals surface area contributed by atoms with E-state index in [1.54, 1.807) is 0 Å². The highest BCUT2D eigenvalue weighted by atomic mass is 32.1. The van der Waals surface area contributed by atoms with Gasteiger partial charge in [-0.2, -0.15) is 0 Å². The lowest BCUT2D eigenvalue weighted by Crippen LogP contribution is -2.19. The molecule has 0 spiro atoms. The molecule has 0 bridgehead atoms. The van der Waals surface area contributed by atoms with Gasteiger partial charge in [-0.1, -0.05) is 13.0 Å². The van der Waals surface area contributed by atoms with Crippen molar-refractivity contribution >= 4 is 27.8 Å². The topological polar surface area (TPSA) is 28.2 Å². The maximum atomic E-state index is 4.76. The molecule has 0 atom stereocenters. The molecule has 5 heteroatoms. The van der Waals surface area contributed by atoms with Crippen molar-refractivity contribution in [2.45, 2.75) is 26.3 Å². The number of nitrogens with zero attached hydrogens (tertiary/aromatic N) is 2. The molecule has 2 rings (SSSR count). The molecular formula is C14H21N3S2. The average Bonchev–Trinajstić information content (AvgIpc) is 3.05. The molecular weight excluding hydrogens is 274 g/mol. The molecule has 0 aromatic carbocycles. The second-order valence-corrected chi connectivity index (χ2v) is 6.60. The first-order valence-corrected chi connectivity index (χ1v) is 8.31. The minimum atomic E-state index is 0.916. The van der Waals surface area contributed by atoms with E-state index in [-0.39, 0.29) is 0 Å². The van der Waals surface area contributed by atoms with Crippen molar-refractivity contribution in [3.05, 3.63) is 33.0 Å². The fourth-order valence-electron chi connectivity index (χ4n) is 1.94. The van der Waals surface area contributed by atoms with Crippen molar-refractivity contribution in [2.24, 2.45) is 0 Å². The van der Waals surface area contributed by atoms with E-state index in [2.05, 4.69) is 41.7 Å². The molecule has 0 radical (unpaired) electrons. The van der Waals surface area contributed by atoms with E-state index in [1.807, 2.05) is 29.7 Å². The van der Waals surface area contributed by atoms with E-state index in [0.717, 1.165) is 31.1 Å². The predicted molar refractivity (Wildman–Crippen MR) is 85.5 cm³/mol. The van der Waals surface area contributed by atoms with Gasteiger partial charge in [-0.25, -0.2) is 4.98 Å². The molecule has 0 aliphatic heterocycles. The summed E-state index contributed by atoms with van der Waals surface area (Å²) in [7, 11) is 4.12. The van der Waals surface area contributed by atoms with Crippen LogP contribution in [0.1, 0.15) is 22.4 Å². The zero-order valence-electron chi connectivity index (χ0n) is 11.8. The third-order valence-electron chi connectivity index (χ3n) is 3.04. The minimum Gasteiger partial charge on any atom is -0.351 e. The van der Waals surface area contributed by atoms with E-state index in [4.69, 9.17) is 4.98 Å². The number of aryl methyl sites for hydroxylation is 1. The minimum absolute atomic E-state index is 0.916. The Hall–Kier alpha value is -0.910. The summed E-state index contributed by atoms with van der Waals surface area (Å²) >= 11 is 3.64. The Morgan fingerprint density at radius 2 is 2.26 bits per heavy atom. The molecule has 2 aromatic heterocycles. The van der Waals surface area contributed by atoms with Crippen LogP contribution in [0, 0.1) is 0 Å². The lowest BCUT2D eigenvalue weighted by Gasteiger charge is -2.14. The summed E-state index contributed by atoms with van der Waals surface area (Å²) in [5, 5.41) is 6.49. The quantitative estimate of drug-likeness (QED) is 0.850. The number of hydrogen-bond donors (Lipinski definition) is 1. The van der Waals surface area contributed by atoms with Gasteiger partial charge in [-0.3, -0.25) is 0 Å². The van der Waals surface area contributed by atoms with E-state index in [9.17, 15) is 0 Å². The third-order valence-corrected chi connectivity index (χ3v) is 5.19. The largest absolute Gasteiger partial charge is 0.351 e. The zero-order chi connectivity index (χ0) is 13.7. The van der Waals surface area contributed by atoms with Crippen LogP contribution < -0.4 is 10.2 Å². The Labute approximate surface area is 123 Å². The van der Waals surface area contributed by atoms with E-state index < -0.39 is 0 Å². The summed E-state index contributed by atoms with van der Waals surface area (Å²) in [4.78, 5) is 9.82. The van der Waals surface area contributed by atoms with E-state index in [0.29, 0.717) is 0 Å². The van der Waals surface area contributed by atoms with Crippen LogP contribution in [0.5, 0.6) is 0 Å². The number of hydrogen-bond acceptors (Lipinski definition) is 5. The second kappa shape index (κ2) is 7.03. The van der Waals surface area contributed by atoms with Gasteiger partial charge >= 0.3 is 0 Å². The molecule has 0 unspecified atom stereocenters. The van der Waals surface area contributed by atoms with Gasteiger partial charge in [-0.05, 0) is 31.3 Å². The van der Waals surface area contributed by atoms with Crippen LogP contribution in [-0.4, -0.2) is 25.6 Å². The molecule has 3 nitrogen and oxygen atoms in total. The number of aromatic nitrogens is 1. The molecule has 0 fully saturated rings. The fraction of sp³-hybridized carbons (Fsp3) is 0.500. The number of rotatable bonds is 7. The highest BCUT2D eigenvalue weighted by Gasteiger charge is 2.12. The summed E-state index contributed by atoms with van der Waals surface area (Å²) in [6, 6.07) is 4.31.